The fraction of sp³-hybridized carbons (Fsp3) is 0.760. The van der Waals surface area contributed by atoms with Gasteiger partial charge in [-0.05, 0) is 39.0 Å². The molecule has 0 spiro atoms. The maximum absolute atomic E-state index is 10.9. The van der Waals surface area contributed by atoms with E-state index in [0.29, 0.717) is 19.9 Å². The lowest BCUT2D eigenvalue weighted by molar-refractivity contribution is -0.111. The van der Waals surface area contributed by atoms with Gasteiger partial charge in [-0.3, -0.25) is 15.1 Å². The smallest absolute Gasteiger partial charge is 0.142 e. The van der Waals surface area contributed by atoms with Gasteiger partial charge in [-0.1, -0.05) is 37.3 Å². The maximum Gasteiger partial charge on any atom is 0.142 e. The van der Waals surface area contributed by atoms with Crippen LogP contribution >= 0.6 is 0 Å². The number of ether oxygens (including phenoxy) is 1. The van der Waals surface area contributed by atoms with E-state index in [0.717, 1.165) is 39.0 Å². The summed E-state index contributed by atoms with van der Waals surface area (Å²) in [5, 5.41) is 28.8. The normalized spacial score (nSPS) is 34.7. The molecular formula is C25H45N7O3. The summed E-state index contributed by atoms with van der Waals surface area (Å²) < 4.78 is 6.28. The first-order valence-electron chi connectivity index (χ1n) is 13.0. The predicted octanol–water partition coefficient (Wildman–Crippen LogP) is -1.35. The van der Waals surface area contributed by atoms with Crippen LogP contribution in [0.1, 0.15) is 18.9 Å². The van der Waals surface area contributed by atoms with E-state index >= 15 is 0 Å². The third kappa shape index (κ3) is 6.22. The quantitative estimate of drug-likeness (QED) is 0.238. The number of hydrogen-bond donors (Lipinski definition) is 5. The van der Waals surface area contributed by atoms with Gasteiger partial charge in [0, 0.05) is 26.2 Å². The van der Waals surface area contributed by atoms with E-state index in [1.807, 2.05) is 13.1 Å². The molecule has 3 saturated heterocycles. The summed E-state index contributed by atoms with van der Waals surface area (Å²) in [6.07, 6.45) is -0.957. The fourth-order valence-corrected chi connectivity index (χ4v) is 5.67. The first kappa shape index (κ1) is 26.9. The number of benzene rings is 1. The molecule has 0 aliphatic carbocycles. The van der Waals surface area contributed by atoms with E-state index in [9.17, 15) is 10.2 Å². The third-order valence-electron chi connectivity index (χ3n) is 7.62. The second kappa shape index (κ2) is 12.4. The van der Waals surface area contributed by atoms with Crippen LogP contribution in [0.25, 0.3) is 0 Å². The molecule has 0 bridgehead atoms. The second-order valence-corrected chi connectivity index (χ2v) is 10.3. The Morgan fingerprint density at radius 1 is 1.20 bits per heavy atom. The van der Waals surface area contributed by atoms with E-state index < -0.39 is 24.5 Å². The van der Waals surface area contributed by atoms with Crippen LogP contribution in [0.15, 0.2) is 30.3 Å². The minimum Gasteiger partial charge on any atom is -0.387 e. The summed E-state index contributed by atoms with van der Waals surface area (Å²) in [5.41, 5.74) is 7.94. The van der Waals surface area contributed by atoms with Gasteiger partial charge in [-0.25, -0.2) is 4.90 Å². The van der Waals surface area contributed by atoms with E-state index in [2.05, 4.69) is 68.5 Å². The Morgan fingerprint density at radius 3 is 2.71 bits per heavy atom. The van der Waals surface area contributed by atoms with Crippen molar-refractivity contribution in [3.05, 3.63) is 35.9 Å². The third-order valence-corrected chi connectivity index (χ3v) is 7.62. The minimum absolute atomic E-state index is 0.0275. The number of aliphatic hydroxyl groups excluding tert-OH is 2. The molecule has 10 heteroatoms. The molecule has 10 nitrogen and oxygen atoms in total. The van der Waals surface area contributed by atoms with Crippen molar-refractivity contribution in [3.8, 4) is 0 Å². The molecule has 0 amide bonds. The molecule has 3 unspecified atom stereocenters. The van der Waals surface area contributed by atoms with Crippen LogP contribution in [-0.4, -0.2) is 133 Å². The Bertz CT molecular complexity index is 775. The van der Waals surface area contributed by atoms with Crippen molar-refractivity contribution in [2.75, 3.05) is 60.2 Å². The number of aliphatic hydroxyl groups is 2. The number of nitrogens with zero attached hydrogens (tertiary/aromatic N) is 4. The molecule has 4 rings (SSSR count). The lowest BCUT2D eigenvalue weighted by atomic mass is 10.1. The van der Waals surface area contributed by atoms with Gasteiger partial charge < -0.3 is 30.9 Å². The van der Waals surface area contributed by atoms with Gasteiger partial charge in [-0.15, -0.1) is 0 Å². The van der Waals surface area contributed by atoms with E-state index in [1.54, 1.807) is 0 Å². The molecule has 0 aromatic heterocycles. The van der Waals surface area contributed by atoms with Gasteiger partial charge >= 0.3 is 0 Å². The van der Waals surface area contributed by atoms with Crippen molar-refractivity contribution in [2.24, 2.45) is 5.73 Å². The molecule has 7 atom stereocenters. The second-order valence-electron chi connectivity index (χ2n) is 10.3. The number of fused-ring (bicyclic) bond motifs is 1. The Hall–Kier alpha value is -1.18. The zero-order chi connectivity index (χ0) is 24.9. The number of hydrogen-bond acceptors (Lipinski definition) is 10. The maximum atomic E-state index is 10.9. The lowest BCUT2D eigenvalue weighted by Gasteiger charge is -2.45. The topological polar surface area (TPSA) is 113 Å². The van der Waals surface area contributed by atoms with Gasteiger partial charge in [0.25, 0.3) is 0 Å². The van der Waals surface area contributed by atoms with Crippen molar-refractivity contribution in [3.63, 3.8) is 0 Å². The Labute approximate surface area is 210 Å². The van der Waals surface area contributed by atoms with Crippen molar-refractivity contribution in [1.29, 1.82) is 0 Å². The highest BCUT2D eigenvalue weighted by atomic mass is 16.6. The molecule has 198 valence electrons. The number of nitrogens with two attached hydrogens (primary N) is 1. The zero-order valence-corrected chi connectivity index (χ0v) is 21.5. The predicted molar refractivity (Wildman–Crippen MR) is 136 cm³/mol. The number of nitrogens with one attached hydrogen (secondary N) is 2. The summed E-state index contributed by atoms with van der Waals surface area (Å²) in [5.74, 6) is 0. The van der Waals surface area contributed by atoms with Crippen LogP contribution in [0.5, 0.6) is 0 Å². The van der Waals surface area contributed by atoms with Crippen LogP contribution in [0.2, 0.25) is 0 Å². The summed E-state index contributed by atoms with van der Waals surface area (Å²) in [4.78, 5) is 8.74. The highest BCUT2D eigenvalue weighted by Crippen LogP contribution is 2.32. The van der Waals surface area contributed by atoms with Crippen molar-refractivity contribution < 1.29 is 14.9 Å². The molecule has 0 radical (unpaired) electrons. The van der Waals surface area contributed by atoms with Gasteiger partial charge in [0.15, 0.2) is 0 Å². The van der Waals surface area contributed by atoms with E-state index in [-0.39, 0.29) is 18.4 Å². The monoisotopic (exact) mass is 491 g/mol. The lowest BCUT2D eigenvalue weighted by Crippen LogP contribution is -2.69. The molecule has 3 aliphatic rings. The molecular weight excluding hydrogens is 446 g/mol. The Kier molecular flexibility index (Phi) is 9.50. The SMILES string of the molecule is CCCN1CNC2C(C1N)N(C)CN2[C@@H]1O[C@H](CN(C)CCNCCc2ccccc2)[C@@H](O)[C@H]1O. The van der Waals surface area contributed by atoms with Crippen LogP contribution < -0.4 is 16.4 Å². The van der Waals surface area contributed by atoms with Gasteiger partial charge in [0.05, 0.1) is 31.7 Å². The summed E-state index contributed by atoms with van der Waals surface area (Å²) >= 11 is 0. The molecule has 1 aromatic rings. The standard InChI is InChI=1S/C25H45N7O3/c1-4-13-31-16-28-24-20(23(31)26)30(3)17-32(24)25-22(34)21(33)19(35-25)15-29(2)14-12-27-11-10-18-8-6-5-7-9-18/h5-9,19-25,27-28,33-34H,4,10-17,26H2,1-3H3/t19-,20?,21-,22-,23?,24?,25-/m1/s1. The van der Waals surface area contributed by atoms with Gasteiger partial charge in [0.1, 0.15) is 24.5 Å². The summed E-state index contributed by atoms with van der Waals surface area (Å²) in [6, 6.07) is 10.6. The summed E-state index contributed by atoms with van der Waals surface area (Å²) in [6.45, 7) is 7.61. The highest BCUT2D eigenvalue weighted by Gasteiger charge is 2.54. The highest BCUT2D eigenvalue weighted by molar-refractivity contribution is 5.14. The average Bonchev–Trinajstić information content (AvgIpc) is 3.33. The minimum atomic E-state index is -0.962. The molecule has 1 aromatic carbocycles. The zero-order valence-electron chi connectivity index (χ0n) is 21.5. The Balaban J connectivity index is 1.24. The van der Waals surface area contributed by atoms with Gasteiger partial charge in [-0.2, -0.15) is 0 Å². The van der Waals surface area contributed by atoms with Crippen LogP contribution in [-0.2, 0) is 11.2 Å². The molecule has 6 N–H and O–H groups in total. The number of rotatable bonds is 11. The molecule has 0 saturated carbocycles. The first-order chi connectivity index (χ1) is 16.9. The van der Waals surface area contributed by atoms with Crippen molar-refractivity contribution >= 4 is 0 Å². The first-order valence-corrected chi connectivity index (χ1v) is 13.0. The number of likely N-dealkylation sites (N-methyl/N-ethyl adjacent to an activating group) is 2. The van der Waals surface area contributed by atoms with Crippen molar-refractivity contribution in [1.82, 2.24) is 30.2 Å². The molecule has 35 heavy (non-hydrogen) atoms. The van der Waals surface area contributed by atoms with Crippen LogP contribution in [0.4, 0.5) is 0 Å². The van der Waals surface area contributed by atoms with Crippen LogP contribution in [0.3, 0.4) is 0 Å². The van der Waals surface area contributed by atoms with E-state index in [1.165, 1.54) is 5.56 Å². The largest absolute Gasteiger partial charge is 0.387 e. The van der Waals surface area contributed by atoms with Gasteiger partial charge in [0.2, 0.25) is 0 Å². The molecule has 3 aliphatic heterocycles. The molecule has 3 heterocycles. The van der Waals surface area contributed by atoms with Crippen LogP contribution in [0, 0.1) is 0 Å². The van der Waals surface area contributed by atoms with Crippen molar-refractivity contribution in [2.45, 2.75) is 62.7 Å². The Morgan fingerprint density at radius 2 is 1.97 bits per heavy atom. The summed E-state index contributed by atoms with van der Waals surface area (Å²) in [7, 11) is 4.08. The average molecular weight is 492 g/mol. The molecule has 3 fully saturated rings. The fourth-order valence-electron chi connectivity index (χ4n) is 5.67. The van der Waals surface area contributed by atoms with E-state index in [4.69, 9.17) is 10.5 Å².